The lowest BCUT2D eigenvalue weighted by Crippen LogP contribution is -2.45. The van der Waals surface area contributed by atoms with Gasteiger partial charge in [0.15, 0.2) is 0 Å². The van der Waals surface area contributed by atoms with Gasteiger partial charge in [0.05, 0.1) is 6.04 Å². The highest BCUT2D eigenvalue weighted by Gasteiger charge is 2.27. The maximum Gasteiger partial charge on any atom is 0.241 e. The van der Waals surface area contributed by atoms with E-state index in [4.69, 9.17) is 10.5 Å². The van der Waals surface area contributed by atoms with E-state index in [1.54, 1.807) is 0 Å². The summed E-state index contributed by atoms with van der Waals surface area (Å²) in [6.07, 6.45) is 0. The quantitative estimate of drug-likeness (QED) is 0.892. The lowest BCUT2D eigenvalue weighted by molar-refractivity contribution is -0.119. The van der Waals surface area contributed by atoms with Gasteiger partial charge < -0.3 is 15.8 Å². The van der Waals surface area contributed by atoms with Gasteiger partial charge in [0.1, 0.15) is 11.4 Å². The number of hydrogen-bond acceptors (Lipinski definition) is 3. The predicted octanol–water partition coefficient (Wildman–Crippen LogP) is 3.18. The molecular weight excluding hydrogens is 252 g/mol. The Morgan fingerprint density at radius 1 is 1.10 bits per heavy atom. The summed E-state index contributed by atoms with van der Waals surface area (Å²) < 4.78 is 5.73. The minimum Gasteiger partial charge on any atom is -0.488 e. The maximum absolute atomic E-state index is 12.0. The average molecular weight is 278 g/mol. The van der Waals surface area contributed by atoms with Crippen LogP contribution in [-0.4, -0.2) is 17.6 Å². The van der Waals surface area contributed by atoms with Gasteiger partial charge in [-0.2, -0.15) is 0 Å². The average Bonchev–Trinajstić information content (AvgIpc) is 2.27. The summed E-state index contributed by atoms with van der Waals surface area (Å²) in [4.78, 5) is 12.0. The Labute approximate surface area is 121 Å². The number of carbonyl (C=O) groups excluding carboxylic acids is 1. The van der Waals surface area contributed by atoms with E-state index in [-0.39, 0.29) is 16.9 Å². The Hall–Kier alpha value is -1.55. The lowest BCUT2D eigenvalue weighted by atomic mass is 9.87. The van der Waals surface area contributed by atoms with Crippen molar-refractivity contribution < 1.29 is 9.53 Å². The highest BCUT2D eigenvalue weighted by molar-refractivity contribution is 5.95. The van der Waals surface area contributed by atoms with Crippen LogP contribution in [0, 0.1) is 5.41 Å². The van der Waals surface area contributed by atoms with E-state index in [2.05, 4.69) is 5.32 Å². The van der Waals surface area contributed by atoms with Gasteiger partial charge in [-0.3, -0.25) is 4.79 Å². The molecule has 0 bridgehead atoms. The Balaban J connectivity index is 2.69. The van der Waals surface area contributed by atoms with Crippen LogP contribution in [0.2, 0.25) is 0 Å². The summed E-state index contributed by atoms with van der Waals surface area (Å²) in [5.41, 5.74) is 6.14. The van der Waals surface area contributed by atoms with E-state index in [0.29, 0.717) is 0 Å². The third-order valence-corrected chi connectivity index (χ3v) is 2.76. The molecule has 0 aliphatic heterocycles. The summed E-state index contributed by atoms with van der Waals surface area (Å²) in [5.74, 6) is 0.595. The number of amides is 1. The molecule has 1 aromatic rings. The second-order valence-corrected chi connectivity index (χ2v) is 7.07. The molecule has 0 radical (unpaired) electrons. The summed E-state index contributed by atoms with van der Waals surface area (Å²) >= 11 is 0. The summed E-state index contributed by atoms with van der Waals surface area (Å²) in [5, 5.41) is 2.82. The first-order valence-corrected chi connectivity index (χ1v) is 6.84. The van der Waals surface area contributed by atoms with Gasteiger partial charge >= 0.3 is 0 Å². The lowest BCUT2D eigenvalue weighted by Gasteiger charge is -2.26. The van der Waals surface area contributed by atoms with Gasteiger partial charge in [0, 0.05) is 5.69 Å². The molecule has 0 aliphatic rings. The monoisotopic (exact) mass is 278 g/mol. The fraction of sp³-hybridized carbons (Fsp3) is 0.562. The Morgan fingerprint density at radius 2 is 1.60 bits per heavy atom. The van der Waals surface area contributed by atoms with Crippen molar-refractivity contribution in [2.45, 2.75) is 53.2 Å². The second-order valence-electron chi connectivity index (χ2n) is 7.07. The second kappa shape index (κ2) is 5.83. The van der Waals surface area contributed by atoms with E-state index in [1.807, 2.05) is 65.8 Å². The van der Waals surface area contributed by atoms with Crippen LogP contribution in [0.15, 0.2) is 24.3 Å². The minimum absolute atomic E-state index is 0.179. The Bertz CT molecular complexity index is 453. The van der Waals surface area contributed by atoms with Crippen molar-refractivity contribution in [3.05, 3.63) is 24.3 Å². The predicted molar refractivity (Wildman–Crippen MR) is 82.9 cm³/mol. The number of anilines is 1. The van der Waals surface area contributed by atoms with E-state index >= 15 is 0 Å². The molecule has 1 atom stereocenters. The fourth-order valence-electron chi connectivity index (χ4n) is 1.57. The third-order valence-electron chi connectivity index (χ3n) is 2.76. The van der Waals surface area contributed by atoms with Gasteiger partial charge in [-0.1, -0.05) is 20.8 Å². The number of hydrogen-bond donors (Lipinski definition) is 2. The van der Waals surface area contributed by atoms with Crippen LogP contribution in [-0.2, 0) is 4.79 Å². The van der Waals surface area contributed by atoms with Gasteiger partial charge in [-0.25, -0.2) is 0 Å². The van der Waals surface area contributed by atoms with Crippen LogP contribution in [0.5, 0.6) is 5.75 Å². The van der Waals surface area contributed by atoms with Crippen molar-refractivity contribution in [3.63, 3.8) is 0 Å². The zero-order valence-electron chi connectivity index (χ0n) is 13.3. The van der Waals surface area contributed by atoms with Crippen molar-refractivity contribution in [1.29, 1.82) is 0 Å². The molecule has 0 heterocycles. The molecule has 0 aromatic heterocycles. The molecule has 0 aliphatic carbocycles. The molecule has 4 heteroatoms. The number of benzene rings is 1. The molecule has 0 fully saturated rings. The van der Waals surface area contributed by atoms with Crippen molar-refractivity contribution in [2.75, 3.05) is 5.32 Å². The Kier molecular flexibility index (Phi) is 4.81. The molecule has 1 rings (SSSR count). The topological polar surface area (TPSA) is 64.3 Å². The van der Waals surface area contributed by atoms with Crippen molar-refractivity contribution in [2.24, 2.45) is 11.1 Å². The highest BCUT2D eigenvalue weighted by atomic mass is 16.5. The minimum atomic E-state index is -0.548. The Morgan fingerprint density at radius 3 is 2.00 bits per heavy atom. The standard InChI is InChI=1S/C16H26N2O2/c1-15(2,3)13(17)14(19)18-11-7-9-12(10-8-11)20-16(4,5)6/h7-10,13H,17H2,1-6H3,(H,18,19)/t13-/m1/s1. The molecule has 1 amide bonds. The van der Waals surface area contributed by atoms with Crippen LogP contribution >= 0.6 is 0 Å². The first-order valence-electron chi connectivity index (χ1n) is 6.84. The maximum atomic E-state index is 12.0. The number of nitrogens with two attached hydrogens (primary N) is 1. The van der Waals surface area contributed by atoms with Gasteiger partial charge in [-0.15, -0.1) is 0 Å². The van der Waals surface area contributed by atoms with Crippen LogP contribution in [0.1, 0.15) is 41.5 Å². The van der Waals surface area contributed by atoms with Crippen LogP contribution < -0.4 is 15.8 Å². The van der Waals surface area contributed by atoms with Gasteiger partial charge in [0.2, 0.25) is 5.91 Å². The molecule has 4 nitrogen and oxygen atoms in total. The SMILES string of the molecule is CC(C)(C)Oc1ccc(NC(=O)[C@@H](N)C(C)(C)C)cc1. The van der Waals surface area contributed by atoms with Crippen molar-refractivity contribution in [1.82, 2.24) is 0 Å². The number of rotatable bonds is 3. The normalized spacial score (nSPS) is 13.8. The zero-order valence-corrected chi connectivity index (χ0v) is 13.3. The summed E-state index contributed by atoms with van der Waals surface area (Å²) in [6.45, 7) is 11.8. The first kappa shape index (κ1) is 16.5. The molecule has 1 aromatic carbocycles. The molecule has 3 N–H and O–H groups in total. The van der Waals surface area contributed by atoms with Gasteiger partial charge in [0.25, 0.3) is 0 Å². The summed E-state index contributed by atoms with van der Waals surface area (Å²) in [6, 6.07) is 6.75. The van der Waals surface area contributed by atoms with E-state index in [9.17, 15) is 4.79 Å². The van der Waals surface area contributed by atoms with Crippen LogP contribution in [0.3, 0.4) is 0 Å². The molecule has 0 saturated heterocycles. The number of carbonyl (C=O) groups is 1. The molecule has 0 saturated carbocycles. The molecule has 112 valence electrons. The fourth-order valence-corrected chi connectivity index (χ4v) is 1.57. The van der Waals surface area contributed by atoms with Crippen LogP contribution in [0.25, 0.3) is 0 Å². The largest absolute Gasteiger partial charge is 0.488 e. The summed E-state index contributed by atoms with van der Waals surface area (Å²) in [7, 11) is 0. The number of ether oxygens (including phenoxy) is 1. The zero-order chi connectivity index (χ0) is 15.6. The molecular formula is C16H26N2O2. The van der Waals surface area contributed by atoms with Crippen molar-refractivity contribution in [3.8, 4) is 5.75 Å². The number of nitrogens with one attached hydrogen (secondary N) is 1. The van der Waals surface area contributed by atoms with E-state index in [0.717, 1.165) is 11.4 Å². The third kappa shape index (κ3) is 5.21. The molecule has 0 spiro atoms. The van der Waals surface area contributed by atoms with Crippen molar-refractivity contribution >= 4 is 11.6 Å². The van der Waals surface area contributed by atoms with E-state index in [1.165, 1.54) is 0 Å². The van der Waals surface area contributed by atoms with Crippen LogP contribution in [0.4, 0.5) is 5.69 Å². The molecule has 0 unspecified atom stereocenters. The van der Waals surface area contributed by atoms with E-state index < -0.39 is 6.04 Å². The first-order chi connectivity index (χ1) is 8.99. The molecule has 20 heavy (non-hydrogen) atoms. The highest BCUT2D eigenvalue weighted by Crippen LogP contribution is 2.22. The smallest absolute Gasteiger partial charge is 0.241 e. The van der Waals surface area contributed by atoms with Gasteiger partial charge in [-0.05, 0) is 50.5 Å².